The molecule has 1 saturated carbocycles. The van der Waals surface area contributed by atoms with E-state index in [-0.39, 0.29) is 48.8 Å². The smallest absolute Gasteiger partial charge is 0.219 e. The van der Waals surface area contributed by atoms with Gasteiger partial charge in [0.15, 0.2) is 0 Å². The van der Waals surface area contributed by atoms with E-state index in [1.54, 1.807) is 0 Å². The van der Waals surface area contributed by atoms with Crippen molar-refractivity contribution < 1.29 is 18.6 Å². The van der Waals surface area contributed by atoms with E-state index in [1.165, 1.54) is 19.3 Å². The van der Waals surface area contributed by atoms with Gasteiger partial charge in [-0.25, -0.2) is 0 Å². The Morgan fingerprint density at radius 1 is 0.968 bits per heavy atom. The van der Waals surface area contributed by atoms with Gasteiger partial charge in [0.2, 0.25) is 5.91 Å². The highest BCUT2D eigenvalue weighted by Crippen LogP contribution is 2.43. The molecular weight excluding hydrogens is 428 g/mol. The summed E-state index contributed by atoms with van der Waals surface area (Å²) in [7, 11) is -0.661. The highest BCUT2D eigenvalue weighted by Gasteiger charge is 2.43. The van der Waals surface area contributed by atoms with E-state index >= 15 is 0 Å². The average Bonchev–Trinajstić information content (AvgIpc) is 3.11. The highest BCUT2D eigenvalue weighted by molar-refractivity contribution is 7.10. The van der Waals surface area contributed by atoms with Crippen molar-refractivity contribution in [3.63, 3.8) is 0 Å². The van der Waals surface area contributed by atoms with Crippen LogP contribution in [0.2, 0.25) is 0 Å². The van der Waals surface area contributed by atoms with E-state index in [0.717, 1.165) is 38.5 Å². The third-order valence-electron chi connectivity index (χ3n) is 6.31. The molecule has 180 valence electrons. The lowest BCUT2D eigenvalue weighted by atomic mass is 9.86. The van der Waals surface area contributed by atoms with Crippen molar-refractivity contribution >= 4 is 30.5 Å². The molecule has 1 amide bonds. The van der Waals surface area contributed by atoms with Crippen LogP contribution in [-0.4, -0.2) is 33.0 Å². The molecule has 0 saturated heterocycles. The monoisotopic (exact) mass is 477 g/mol. The summed E-state index contributed by atoms with van der Waals surface area (Å²) in [4.78, 5) is 24.0. The first-order valence-electron chi connectivity index (χ1n) is 13.1. The molecule has 0 aromatic rings. The Labute approximate surface area is 197 Å². The maximum absolute atomic E-state index is 12.5. The molecule has 0 bridgehead atoms. The third-order valence-corrected chi connectivity index (χ3v) is 6.92. The first kappa shape index (κ1) is 25.3. The van der Waals surface area contributed by atoms with E-state index in [0.29, 0.717) is 38.0 Å². The second kappa shape index (κ2) is 18.1. The van der Waals surface area contributed by atoms with Crippen molar-refractivity contribution in [2.24, 2.45) is 11.8 Å². The van der Waals surface area contributed by atoms with E-state index in [1.807, 2.05) is 6.92 Å². The van der Waals surface area contributed by atoms with Gasteiger partial charge in [0.1, 0.15) is 5.78 Å². The molecule has 5 nitrogen and oxygen atoms in total. The topological polar surface area (TPSA) is 64.6 Å². The van der Waals surface area contributed by atoms with Gasteiger partial charge in [-0.3, -0.25) is 9.59 Å². The Balaban J connectivity index is 2.58. The minimum absolute atomic E-state index is 0.0590. The molecule has 1 N–H and O–H groups in total. The minimum Gasteiger partial charge on any atom is -0.362 e. The second-order valence-electron chi connectivity index (χ2n) is 8.67. The van der Waals surface area contributed by atoms with E-state index in [2.05, 4.69) is 24.4 Å². The molecule has 0 aromatic heterocycles. The van der Waals surface area contributed by atoms with Crippen LogP contribution in [-0.2, 0) is 18.6 Å². The van der Waals surface area contributed by atoms with Crippen LogP contribution in [0.15, 0.2) is 12.2 Å². The highest BCUT2D eigenvalue weighted by atomic mass is 31.0. The van der Waals surface area contributed by atoms with Gasteiger partial charge in [-0.2, -0.15) is 0 Å². The number of carbonyl (C=O) groups is 2. The average molecular weight is 478 g/mol. The second-order valence-corrected chi connectivity index (χ2v) is 9.14. The molecule has 31 heavy (non-hydrogen) atoms. The van der Waals surface area contributed by atoms with Gasteiger partial charge >= 0.3 is 0 Å². The van der Waals surface area contributed by atoms with Gasteiger partial charge in [0.25, 0.3) is 0 Å². The lowest BCUT2D eigenvalue weighted by Crippen LogP contribution is -2.23. The van der Waals surface area contributed by atoms with Crippen LogP contribution >= 0.6 is 18.8 Å². The summed E-state index contributed by atoms with van der Waals surface area (Å²) < 4.78 is 26.6. The number of unbranched alkanes of at least 4 members (excludes halogenated alkanes) is 5. The molecule has 0 aromatic carbocycles. The lowest BCUT2D eigenvalue weighted by molar-refractivity contribution is -0.121. The molecule has 7 heteroatoms. The first-order valence-corrected chi connectivity index (χ1v) is 13.0. The van der Waals surface area contributed by atoms with Gasteiger partial charge in [-0.1, -0.05) is 44.8 Å². The SMILES string of the molecule is [3H]PO[C@H]1C[C@@H](OP[3H])[C@H](CCC(=O)CCCCCCC)C1C/C=C\CCCC(=O)NCC. The van der Waals surface area contributed by atoms with Crippen molar-refractivity contribution in [1.82, 2.24) is 5.32 Å². The van der Waals surface area contributed by atoms with Crippen LogP contribution in [0.4, 0.5) is 0 Å². The fourth-order valence-electron chi connectivity index (χ4n) is 4.54. The molecule has 1 rings (SSSR count). The van der Waals surface area contributed by atoms with Crippen molar-refractivity contribution in [2.45, 2.75) is 110 Å². The van der Waals surface area contributed by atoms with E-state index in [4.69, 9.17) is 11.6 Å². The number of hydrogen-bond donors (Lipinski definition) is 1. The summed E-state index contributed by atoms with van der Waals surface area (Å²) in [6.07, 6.45) is 15.6. The van der Waals surface area contributed by atoms with E-state index in [9.17, 15) is 9.59 Å². The van der Waals surface area contributed by atoms with Crippen LogP contribution < -0.4 is 5.32 Å². The summed E-state index contributed by atoms with van der Waals surface area (Å²) >= 11 is 0. The zero-order valence-corrected chi connectivity index (χ0v) is 21.5. The maximum Gasteiger partial charge on any atom is 0.219 e. The zero-order chi connectivity index (χ0) is 24.3. The molecule has 0 spiro atoms. The Kier molecular flexibility index (Phi) is 14.8. The predicted octanol–water partition coefficient (Wildman–Crippen LogP) is 5.94. The summed E-state index contributed by atoms with van der Waals surface area (Å²) in [6, 6.07) is 0. The quantitative estimate of drug-likeness (QED) is 0.134. The van der Waals surface area contributed by atoms with Crippen molar-refractivity contribution in [2.75, 3.05) is 6.54 Å². The number of Topliss-reactive ketones (excluding diaryl/α,β-unsaturated/α-hetero) is 1. The number of ketones is 1. The minimum atomic E-state index is -0.334. The molecular formula is C24H45NO4P2. The standard InChI is InChI=1S/C24H45NO4P2/c1-3-5-6-7-10-13-19(26)16-17-21-20(22(28-30)18-23(21)29-31)14-11-8-9-12-15-24(27)25-4-2/h8,11,20-23H,3-7,9-10,12-18,30-31H2,1-2H3,(H,25,27)/b11-8-/t20?,21-,22+,23-/m1/s1/i30T,31T/t20?,21-,22+,23-,30?,31?. The molecule has 1 aliphatic carbocycles. The Morgan fingerprint density at radius 3 is 2.42 bits per heavy atom. The zero-order valence-electron chi connectivity index (χ0n) is 21.5. The predicted molar refractivity (Wildman–Crippen MR) is 135 cm³/mol. The van der Waals surface area contributed by atoms with Gasteiger partial charge in [-0.15, -0.1) is 0 Å². The van der Waals surface area contributed by atoms with Crippen molar-refractivity contribution in [1.29, 1.82) is 2.56 Å². The Morgan fingerprint density at radius 2 is 1.71 bits per heavy atom. The molecule has 0 heterocycles. The number of hydrogen-bond acceptors (Lipinski definition) is 4. The number of allylic oxidation sites excluding steroid dienone is 2. The first-order chi connectivity index (χ1) is 16.1. The van der Waals surface area contributed by atoms with Crippen LogP contribution in [0.5, 0.6) is 0 Å². The van der Waals surface area contributed by atoms with Gasteiger partial charge in [-0.05, 0) is 50.9 Å². The largest absolute Gasteiger partial charge is 0.362 e. The summed E-state index contributed by atoms with van der Waals surface area (Å²) in [5.41, 5.74) is 0. The lowest BCUT2D eigenvalue weighted by Gasteiger charge is -2.24. The number of carbonyl (C=O) groups excluding carboxylic acids is 2. The van der Waals surface area contributed by atoms with E-state index < -0.39 is 0 Å². The molecule has 6 atom stereocenters. The Hall–Kier alpha value is -0.340. The normalized spacial score (nSPS) is 25.1. The number of nitrogens with one attached hydrogen (secondary N) is 1. The van der Waals surface area contributed by atoms with Crippen LogP contribution in [0.3, 0.4) is 0 Å². The third kappa shape index (κ3) is 11.9. The summed E-state index contributed by atoms with van der Waals surface area (Å²) in [6.45, 7) is 4.78. The maximum atomic E-state index is 12.5. The summed E-state index contributed by atoms with van der Waals surface area (Å²) in [5, 5.41) is 2.82. The fourth-order valence-corrected chi connectivity index (χ4v) is 5.09. The van der Waals surface area contributed by atoms with Crippen molar-refractivity contribution in [3.8, 4) is 0 Å². The molecule has 3 unspecified atom stereocenters. The number of rotatable bonds is 20. The molecule has 0 radical (unpaired) electrons. The molecule has 0 aliphatic heterocycles. The van der Waals surface area contributed by atoms with Gasteiger partial charge in [0, 0.05) is 51.1 Å². The fraction of sp³-hybridized carbons (Fsp3) is 0.833. The van der Waals surface area contributed by atoms with Crippen molar-refractivity contribution in [3.05, 3.63) is 12.2 Å². The van der Waals surface area contributed by atoms with Crippen LogP contribution in [0, 0.1) is 11.8 Å². The summed E-state index contributed by atoms with van der Waals surface area (Å²) in [5.74, 6) is 0.789. The van der Waals surface area contributed by atoms with Gasteiger partial charge < -0.3 is 14.4 Å². The van der Waals surface area contributed by atoms with Crippen LogP contribution in [0.25, 0.3) is 0 Å². The van der Waals surface area contributed by atoms with Crippen LogP contribution in [0.1, 0.15) is 97.3 Å². The molecule has 1 fully saturated rings. The Bertz CT molecular complexity index is 569. The molecule has 1 aliphatic rings. The number of amides is 1. The van der Waals surface area contributed by atoms with Gasteiger partial charge in [0.05, 0.1) is 14.8 Å².